The van der Waals surface area contributed by atoms with Crippen LogP contribution in [0.15, 0.2) is 48.5 Å². The number of nitrogens with one attached hydrogen (secondary N) is 1. The summed E-state index contributed by atoms with van der Waals surface area (Å²) in [7, 11) is 2.07. The maximum absolute atomic E-state index is 12.2. The minimum atomic E-state index is -0.0330. The van der Waals surface area contributed by atoms with Crippen molar-refractivity contribution in [1.29, 1.82) is 0 Å². The highest BCUT2D eigenvalue weighted by molar-refractivity contribution is 14.1. The molecule has 0 aliphatic carbocycles. The molecule has 3 nitrogen and oxygen atoms in total. The zero-order valence-electron chi connectivity index (χ0n) is 12.6. The molecule has 0 saturated heterocycles. The Morgan fingerprint density at radius 2 is 1.95 bits per heavy atom. The smallest absolute Gasteiger partial charge is 0.252 e. The summed E-state index contributed by atoms with van der Waals surface area (Å²) in [6, 6.07) is 16.1. The lowest BCUT2D eigenvalue weighted by molar-refractivity contribution is 0.0950. The fourth-order valence-corrected chi connectivity index (χ4v) is 3.20. The Bertz CT molecular complexity index is 851. The number of carbonyl (C=O) groups excluding carboxylic acids is 1. The third-order valence-electron chi connectivity index (χ3n) is 3.92. The summed E-state index contributed by atoms with van der Waals surface area (Å²) in [4.78, 5) is 12.2. The van der Waals surface area contributed by atoms with Crippen molar-refractivity contribution in [2.75, 3.05) is 0 Å². The van der Waals surface area contributed by atoms with Crippen LogP contribution in [0.2, 0.25) is 0 Å². The van der Waals surface area contributed by atoms with Crippen molar-refractivity contribution in [2.45, 2.75) is 13.5 Å². The summed E-state index contributed by atoms with van der Waals surface area (Å²) < 4.78 is 3.14. The Kier molecular flexibility index (Phi) is 4.20. The van der Waals surface area contributed by atoms with Gasteiger partial charge in [-0.3, -0.25) is 4.79 Å². The van der Waals surface area contributed by atoms with Crippen LogP contribution in [0.25, 0.3) is 10.9 Å². The standard InChI is InChI=1S/C18H17IN2O/c1-12-9-14-10-13(7-8-17(14)21(12)2)11-20-18(22)15-5-3-4-6-16(15)19/h3-10H,11H2,1-2H3,(H,20,22). The highest BCUT2D eigenvalue weighted by atomic mass is 127. The minimum absolute atomic E-state index is 0.0330. The second kappa shape index (κ2) is 6.12. The third kappa shape index (κ3) is 2.88. The van der Waals surface area contributed by atoms with E-state index in [-0.39, 0.29) is 5.91 Å². The fraction of sp³-hybridized carbons (Fsp3) is 0.167. The number of hydrogen-bond acceptors (Lipinski definition) is 1. The number of aromatic nitrogens is 1. The van der Waals surface area contributed by atoms with Crippen molar-refractivity contribution >= 4 is 39.4 Å². The topological polar surface area (TPSA) is 34.0 Å². The second-order valence-corrected chi connectivity index (χ2v) is 6.56. The Labute approximate surface area is 143 Å². The summed E-state index contributed by atoms with van der Waals surface area (Å²) in [6.45, 7) is 2.63. The molecule has 3 aromatic rings. The summed E-state index contributed by atoms with van der Waals surface area (Å²) in [6.07, 6.45) is 0. The van der Waals surface area contributed by atoms with Crippen LogP contribution in [0.1, 0.15) is 21.6 Å². The predicted molar refractivity (Wildman–Crippen MR) is 98.0 cm³/mol. The molecule has 3 rings (SSSR count). The van der Waals surface area contributed by atoms with E-state index < -0.39 is 0 Å². The van der Waals surface area contributed by atoms with Gasteiger partial charge in [-0.05, 0) is 65.4 Å². The fourth-order valence-electron chi connectivity index (χ4n) is 2.57. The molecule has 0 fully saturated rings. The van der Waals surface area contributed by atoms with Crippen molar-refractivity contribution in [1.82, 2.24) is 9.88 Å². The van der Waals surface area contributed by atoms with Gasteiger partial charge in [0.15, 0.2) is 0 Å². The van der Waals surface area contributed by atoms with Gasteiger partial charge in [0.1, 0.15) is 0 Å². The van der Waals surface area contributed by atoms with E-state index in [2.05, 4.69) is 70.7 Å². The molecule has 2 aromatic carbocycles. The van der Waals surface area contributed by atoms with E-state index >= 15 is 0 Å². The lowest BCUT2D eigenvalue weighted by atomic mass is 10.1. The van der Waals surface area contributed by atoms with Crippen molar-refractivity contribution < 1.29 is 4.79 Å². The van der Waals surface area contributed by atoms with Gasteiger partial charge in [0, 0.05) is 33.8 Å². The minimum Gasteiger partial charge on any atom is -0.348 e. The average molecular weight is 404 g/mol. The molecule has 0 bridgehead atoms. The van der Waals surface area contributed by atoms with Crippen LogP contribution < -0.4 is 5.32 Å². The van der Waals surface area contributed by atoms with Gasteiger partial charge in [-0.1, -0.05) is 18.2 Å². The predicted octanol–water partition coefficient (Wildman–Crippen LogP) is 4.02. The van der Waals surface area contributed by atoms with Crippen LogP contribution in [0, 0.1) is 10.5 Å². The molecular weight excluding hydrogens is 387 g/mol. The molecule has 0 aliphatic heterocycles. The quantitative estimate of drug-likeness (QED) is 0.658. The number of aryl methyl sites for hydroxylation is 2. The zero-order chi connectivity index (χ0) is 15.7. The number of fused-ring (bicyclic) bond motifs is 1. The van der Waals surface area contributed by atoms with E-state index in [0.29, 0.717) is 6.54 Å². The molecule has 0 saturated carbocycles. The molecule has 1 aromatic heterocycles. The first-order chi connectivity index (χ1) is 10.6. The molecule has 1 N–H and O–H groups in total. The number of carbonyl (C=O) groups is 1. The Balaban J connectivity index is 1.76. The molecule has 22 heavy (non-hydrogen) atoms. The van der Waals surface area contributed by atoms with E-state index in [1.807, 2.05) is 24.3 Å². The van der Waals surface area contributed by atoms with Gasteiger partial charge in [0.25, 0.3) is 5.91 Å². The van der Waals surface area contributed by atoms with E-state index in [9.17, 15) is 4.79 Å². The van der Waals surface area contributed by atoms with Crippen molar-refractivity contribution in [3.8, 4) is 0 Å². The van der Waals surface area contributed by atoms with Gasteiger partial charge in [-0.15, -0.1) is 0 Å². The molecule has 1 heterocycles. The molecule has 1 amide bonds. The number of rotatable bonds is 3. The molecule has 0 atom stereocenters. The molecule has 0 spiro atoms. The van der Waals surface area contributed by atoms with Crippen LogP contribution in [0.4, 0.5) is 0 Å². The normalized spacial score (nSPS) is 10.9. The van der Waals surface area contributed by atoms with Gasteiger partial charge in [-0.2, -0.15) is 0 Å². The van der Waals surface area contributed by atoms with Gasteiger partial charge < -0.3 is 9.88 Å². The lowest BCUT2D eigenvalue weighted by Crippen LogP contribution is -2.23. The van der Waals surface area contributed by atoms with Crippen molar-refractivity contribution in [2.24, 2.45) is 7.05 Å². The van der Waals surface area contributed by atoms with Crippen molar-refractivity contribution in [3.05, 3.63) is 68.9 Å². The maximum atomic E-state index is 12.2. The van der Waals surface area contributed by atoms with Crippen LogP contribution in [-0.4, -0.2) is 10.5 Å². The molecule has 112 valence electrons. The summed E-state index contributed by atoms with van der Waals surface area (Å²) in [5.41, 5.74) is 4.28. The first kappa shape index (κ1) is 15.1. The van der Waals surface area contributed by atoms with E-state index in [0.717, 1.165) is 14.7 Å². The third-order valence-corrected chi connectivity index (χ3v) is 4.86. The number of nitrogens with zero attached hydrogens (tertiary/aromatic N) is 1. The molecule has 0 radical (unpaired) electrons. The number of amides is 1. The summed E-state index contributed by atoms with van der Waals surface area (Å²) in [5.74, 6) is -0.0330. The van der Waals surface area contributed by atoms with E-state index in [1.54, 1.807) is 0 Å². The van der Waals surface area contributed by atoms with Crippen LogP contribution >= 0.6 is 22.6 Å². The Morgan fingerprint density at radius 1 is 1.18 bits per heavy atom. The van der Waals surface area contributed by atoms with Gasteiger partial charge in [0.05, 0.1) is 5.56 Å². The monoisotopic (exact) mass is 404 g/mol. The Hall–Kier alpha value is -1.82. The molecule has 0 aliphatic rings. The highest BCUT2D eigenvalue weighted by Crippen LogP contribution is 2.20. The molecular formula is C18H17IN2O. The van der Waals surface area contributed by atoms with Crippen molar-refractivity contribution in [3.63, 3.8) is 0 Å². The number of hydrogen-bond donors (Lipinski definition) is 1. The second-order valence-electron chi connectivity index (χ2n) is 5.40. The summed E-state index contributed by atoms with van der Waals surface area (Å²) >= 11 is 2.18. The maximum Gasteiger partial charge on any atom is 0.252 e. The Morgan fingerprint density at radius 3 is 2.73 bits per heavy atom. The van der Waals surface area contributed by atoms with E-state index in [4.69, 9.17) is 0 Å². The van der Waals surface area contributed by atoms with Crippen LogP contribution in [0.5, 0.6) is 0 Å². The molecule has 0 unspecified atom stereocenters. The number of halogens is 1. The number of benzene rings is 2. The first-order valence-corrected chi connectivity index (χ1v) is 8.22. The first-order valence-electron chi connectivity index (χ1n) is 7.14. The average Bonchev–Trinajstić information content (AvgIpc) is 2.80. The SMILES string of the molecule is Cc1cc2cc(CNC(=O)c3ccccc3I)ccc2n1C. The van der Waals surface area contributed by atoms with Crippen LogP contribution in [-0.2, 0) is 13.6 Å². The molecule has 4 heteroatoms. The van der Waals surface area contributed by atoms with E-state index in [1.165, 1.54) is 16.6 Å². The van der Waals surface area contributed by atoms with Crippen LogP contribution in [0.3, 0.4) is 0 Å². The van der Waals surface area contributed by atoms with Gasteiger partial charge >= 0.3 is 0 Å². The lowest BCUT2D eigenvalue weighted by Gasteiger charge is -2.07. The van der Waals surface area contributed by atoms with Gasteiger partial charge in [0.2, 0.25) is 0 Å². The van der Waals surface area contributed by atoms with Gasteiger partial charge in [-0.25, -0.2) is 0 Å². The largest absolute Gasteiger partial charge is 0.348 e. The summed E-state index contributed by atoms with van der Waals surface area (Å²) in [5, 5.41) is 4.20. The highest BCUT2D eigenvalue weighted by Gasteiger charge is 2.09. The zero-order valence-corrected chi connectivity index (χ0v) is 14.7.